The van der Waals surface area contributed by atoms with Gasteiger partial charge in [-0.3, -0.25) is 4.79 Å². The number of hydrogen-bond acceptors (Lipinski definition) is 3. The van der Waals surface area contributed by atoms with Gasteiger partial charge in [-0.2, -0.15) is 0 Å². The number of nitrogens with one attached hydrogen (secondary N) is 1. The molecule has 0 heterocycles. The van der Waals surface area contributed by atoms with Gasteiger partial charge in [-0.05, 0) is 48.9 Å². The highest BCUT2D eigenvalue weighted by Gasteiger charge is 2.12. The van der Waals surface area contributed by atoms with Crippen LogP contribution in [-0.2, 0) is 6.54 Å². The van der Waals surface area contributed by atoms with Crippen LogP contribution in [0, 0.1) is 0 Å². The van der Waals surface area contributed by atoms with Gasteiger partial charge >= 0.3 is 6.03 Å². The highest BCUT2D eigenvalue weighted by Crippen LogP contribution is 2.15. The van der Waals surface area contributed by atoms with Crippen LogP contribution in [0.2, 0.25) is 0 Å². The summed E-state index contributed by atoms with van der Waals surface area (Å²) in [5, 5.41) is 2.46. The van der Waals surface area contributed by atoms with Crippen LogP contribution in [0.15, 0.2) is 48.5 Å². The molecule has 2 aromatic rings. The summed E-state index contributed by atoms with van der Waals surface area (Å²) in [6, 6.07) is 13.6. The monoisotopic (exact) mass is 327 g/mol. The van der Waals surface area contributed by atoms with Gasteiger partial charge in [0.25, 0.3) is 5.91 Å². The van der Waals surface area contributed by atoms with Crippen molar-refractivity contribution >= 4 is 17.6 Å². The van der Waals surface area contributed by atoms with E-state index in [1.165, 1.54) is 0 Å². The van der Waals surface area contributed by atoms with Crippen LogP contribution < -0.4 is 15.8 Å². The summed E-state index contributed by atoms with van der Waals surface area (Å²) < 4.78 is 5.40. The Bertz CT molecular complexity index is 696. The number of urea groups is 1. The SMILES string of the molecule is CCOc1ccc(CN(C)C(=O)c2ccc(NC(N)=O)cc2)cc1. The number of amides is 3. The standard InChI is InChI=1S/C18H21N3O3/c1-3-24-16-10-4-13(5-11-16)12-21(2)17(22)14-6-8-15(9-7-14)20-18(19)23/h4-11H,3,12H2,1-2H3,(H3,19,20,23). The van der Waals surface area contributed by atoms with Gasteiger partial charge < -0.3 is 20.7 Å². The molecule has 0 radical (unpaired) electrons. The fraction of sp³-hybridized carbons (Fsp3) is 0.222. The van der Waals surface area contributed by atoms with Crippen molar-refractivity contribution in [3.05, 3.63) is 59.7 Å². The van der Waals surface area contributed by atoms with Gasteiger partial charge in [0.2, 0.25) is 0 Å². The fourth-order valence-electron chi connectivity index (χ4n) is 2.26. The summed E-state index contributed by atoms with van der Waals surface area (Å²) in [6.45, 7) is 3.05. The number of rotatable bonds is 6. The van der Waals surface area contributed by atoms with Crippen molar-refractivity contribution in [3.8, 4) is 5.75 Å². The first-order valence-electron chi connectivity index (χ1n) is 7.63. The molecule has 0 saturated carbocycles. The Kier molecular flexibility index (Phi) is 5.78. The fourth-order valence-corrected chi connectivity index (χ4v) is 2.26. The molecule has 0 spiro atoms. The third-order valence-corrected chi connectivity index (χ3v) is 3.40. The van der Waals surface area contributed by atoms with E-state index >= 15 is 0 Å². The summed E-state index contributed by atoms with van der Waals surface area (Å²) in [7, 11) is 1.74. The van der Waals surface area contributed by atoms with Crippen molar-refractivity contribution in [2.45, 2.75) is 13.5 Å². The summed E-state index contributed by atoms with van der Waals surface area (Å²) in [5.41, 5.74) is 7.16. The molecule has 0 fully saturated rings. The second kappa shape index (κ2) is 8.01. The molecule has 0 unspecified atom stereocenters. The van der Waals surface area contributed by atoms with Crippen LogP contribution in [0.25, 0.3) is 0 Å². The minimum absolute atomic E-state index is 0.102. The van der Waals surface area contributed by atoms with E-state index in [1.807, 2.05) is 31.2 Å². The maximum atomic E-state index is 12.4. The van der Waals surface area contributed by atoms with Crippen LogP contribution in [-0.4, -0.2) is 30.5 Å². The lowest BCUT2D eigenvalue weighted by atomic mass is 10.1. The molecule has 3 N–H and O–H groups in total. The number of primary amides is 1. The molecule has 0 saturated heterocycles. The number of carbonyl (C=O) groups excluding carboxylic acids is 2. The highest BCUT2D eigenvalue weighted by atomic mass is 16.5. The Morgan fingerprint density at radius 2 is 1.71 bits per heavy atom. The molecule has 0 atom stereocenters. The average Bonchev–Trinajstić information content (AvgIpc) is 2.56. The van der Waals surface area contributed by atoms with Gasteiger partial charge in [0.15, 0.2) is 0 Å². The number of hydrogen-bond donors (Lipinski definition) is 2. The predicted molar refractivity (Wildman–Crippen MR) is 93.1 cm³/mol. The number of ether oxygens (including phenoxy) is 1. The highest BCUT2D eigenvalue weighted by molar-refractivity contribution is 5.95. The molecule has 3 amide bonds. The van der Waals surface area contributed by atoms with Crippen LogP contribution in [0.4, 0.5) is 10.5 Å². The molecule has 0 aliphatic heterocycles. The zero-order valence-electron chi connectivity index (χ0n) is 13.8. The third kappa shape index (κ3) is 4.74. The van der Waals surface area contributed by atoms with Gasteiger partial charge in [-0.15, -0.1) is 0 Å². The summed E-state index contributed by atoms with van der Waals surface area (Å²) in [4.78, 5) is 24.9. The van der Waals surface area contributed by atoms with Crippen molar-refractivity contribution in [1.29, 1.82) is 0 Å². The number of benzene rings is 2. The Balaban J connectivity index is 1.99. The first-order valence-corrected chi connectivity index (χ1v) is 7.63. The molecule has 0 bridgehead atoms. The second-order valence-electron chi connectivity index (χ2n) is 5.30. The first-order chi connectivity index (χ1) is 11.5. The van der Waals surface area contributed by atoms with E-state index < -0.39 is 6.03 Å². The van der Waals surface area contributed by atoms with Gasteiger partial charge in [0.1, 0.15) is 5.75 Å². The Hall–Kier alpha value is -3.02. The molecule has 6 nitrogen and oxygen atoms in total. The molecule has 2 rings (SSSR count). The van der Waals surface area contributed by atoms with Crippen molar-refractivity contribution < 1.29 is 14.3 Å². The molecule has 126 valence electrons. The van der Waals surface area contributed by atoms with E-state index in [2.05, 4.69) is 5.32 Å². The van der Waals surface area contributed by atoms with E-state index in [9.17, 15) is 9.59 Å². The molecule has 0 aliphatic rings. The maximum absolute atomic E-state index is 12.4. The lowest BCUT2D eigenvalue weighted by molar-refractivity contribution is 0.0785. The third-order valence-electron chi connectivity index (χ3n) is 3.40. The molecule has 0 aliphatic carbocycles. The quantitative estimate of drug-likeness (QED) is 0.855. The second-order valence-corrected chi connectivity index (χ2v) is 5.30. The summed E-state index contributed by atoms with van der Waals surface area (Å²) in [5.74, 6) is 0.710. The predicted octanol–water partition coefficient (Wildman–Crippen LogP) is 2.85. The van der Waals surface area contributed by atoms with Gasteiger partial charge in [-0.1, -0.05) is 12.1 Å². The average molecular weight is 327 g/mol. The van der Waals surface area contributed by atoms with Gasteiger partial charge in [0.05, 0.1) is 6.61 Å². The molecule has 24 heavy (non-hydrogen) atoms. The Labute approximate surface area is 141 Å². The number of nitrogens with two attached hydrogens (primary N) is 1. The molecular weight excluding hydrogens is 306 g/mol. The smallest absolute Gasteiger partial charge is 0.316 e. The lowest BCUT2D eigenvalue weighted by Crippen LogP contribution is -2.26. The number of carbonyl (C=O) groups is 2. The number of anilines is 1. The van der Waals surface area contributed by atoms with E-state index in [-0.39, 0.29) is 5.91 Å². The van der Waals surface area contributed by atoms with Crippen molar-refractivity contribution in [1.82, 2.24) is 4.90 Å². The molecular formula is C18H21N3O3. The Morgan fingerprint density at radius 3 is 2.25 bits per heavy atom. The summed E-state index contributed by atoms with van der Waals surface area (Å²) in [6.07, 6.45) is 0. The van der Waals surface area contributed by atoms with Crippen LogP contribution in [0.1, 0.15) is 22.8 Å². The minimum atomic E-state index is -0.637. The van der Waals surface area contributed by atoms with E-state index in [0.717, 1.165) is 11.3 Å². The van der Waals surface area contributed by atoms with Crippen molar-refractivity contribution in [2.75, 3.05) is 19.0 Å². The largest absolute Gasteiger partial charge is 0.494 e. The molecule has 2 aromatic carbocycles. The van der Waals surface area contributed by atoms with Crippen LogP contribution in [0.5, 0.6) is 5.75 Å². The summed E-state index contributed by atoms with van der Waals surface area (Å²) >= 11 is 0. The van der Waals surface area contributed by atoms with Crippen molar-refractivity contribution in [3.63, 3.8) is 0 Å². The first kappa shape index (κ1) is 17.3. The van der Waals surface area contributed by atoms with E-state index in [1.54, 1.807) is 36.2 Å². The van der Waals surface area contributed by atoms with Gasteiger partial charge in [0, 0.05) is 24.8 Å². The Morgan fingerprint density at radius 1 is 1.08 bits per heavy atom. The van der Waals surface area contributed by atoms with Crippen LogP contribution >= 0.6 is 0 Å². The normalized spacial score (nSPS) is 10.1. The zero-order valence-corrected chi connectivity index (χ0v) is 13.8. The van der Waals surface area contributed by atoms with Gasteiger partial charge in [-0.25, -0.2) is 4.79 Å². The molecule has 6 heteroatoms. The number of nitrogens with zero attached hydrogens (tertiary/aromatic N) is 1. The maximum Gasteiger partial charge on any atom is 0.316 e. The zero-order chi connectivity index (χ0) is 17.5. The van der Waals surface area contributed by atoms with E-state index in [4.69, 9.17) is 10.5 Å². The topological polar surface area (TPSA) is 84.7 Å². The molecule has 0 aromatic heterocycles. The van der Waals surface area contributed by atoms with Crippen molar-refractivity contribution in [2.24, 2.45) is 5.73 Å². The lowest BCUT2D eigenvalue weighted by Gasteiger charge is -2.18. The van der Waals surface area contributed by atoms with E-state index in [0.29, 0.717) is 24.4 Å². The van der Waals surface area contributed by atoms with Crippen LogP contribution in [0.3, 0.4) is 0 Å². The minimum Gasteiger partial charge on any atom is -0.494 e.